The van der Waals surface area contributed by atoms with Crippen LogP contribution in [0.15, 0.2) is 60.8 Å². The van der Waals surface area contributed by atoms with E-state index in [-0.39, 0.29) is 11.5 Å². The predicted octanol–water partition coefficient (Wildman–Crippen LogP) is 8.70. The van der Waals surface area contributed by atoms with Crippen LogP contribution in [0, 0.1) is 6.92 Å². The third-order valence-electron chi connectivity index (χ3n) is 5.34. The van der Waals surface area contributed by atoms with Crippen LogP contribution in [0.2, 0.25) is 0 Å². The van der Waals surface area contributed by atoms with Crippen LogP contribution in [-0.4, -0.2) is 4.98 Å². The van der Waals surface area contributed by atoms with Crippen LogP contribution in [0.4, 0.5) is 26.3 Å². The molecule has 0 bridgehead atoms. The third-order valence-corrected chi connectivity index (χ3v) is 5.34. The number of alkyl halides is 6. The lowest BCUT2D eigenvalue weighted by Gasteiger charge is -2.15. The predicted molar refractivity (Wildman–Crippen MR) is 120 cm³/mol. The van der Waals surface area contributed by atoms with Gasteiger partial charge in [0, 0.05) is 11.9 Å². The summed E-state index contributed by atoms with van der Waals surface area (Å²) in [5, 5.41) is 0. The third kappa shape index (κ3) is 7.62. The maximum atomic E-state index is 13.2. The highest BCUT2D eigenvalue weighted by Gasteiger charge is 2.35. The lowest BCUT2D eigenvalue weighted by Crippen LogP contribution is -2.09. The molecule has 1 aromatic heterocycles. The molecule has 33 heavy (non-hydrogen) atoms. The Bertz CT molecular complexity index is 1040. The molecule has 1 saturated carbocycles. The van der Waals surface area contributed by atoms with Crippen molar-refractivity contribution >= 4 is 6.08 Å². The number of allylic oxidation sites excluding steroid dienone is 3. The zero-order valence-electron chi connectivity index (χ0n) is 18.9. The van der Waals surface area contributed by atoms with E-state index in [1.807, 2.05) is 13.0 Å². The highest BCUT2D eigenvalue weighted by atomic mass is 19.4. The number of aromatic nitrogens is 1. The fourth-order valence-electron chi connectivity index (χ4n) is 3.06. The molecule has 0 spiro atoms. The largest absolute Gasteiger partial charge is 0.416 e. The molecule has 1 aliphatic rings. The fourth-order valence-corrected chi connectivity index (χ4v) is 3.06. The Hall–Kier alpha value is -2.83. The minimum atomic E-state index is -4.32. The van der Waals surface area contributed by atoms with Crippen molar-refractivity contribution in [1.82, 2.24) is 4.98 Å². The van der Waals surface area contributed by atoms with Crippen molar-refractivity contribution in [2.24, 2.45) is 0 Å². The Kier molecular flexibility index (Phi) is 8.33. The van der Waals surface area contributed by atoms with Gasteiger partial charge in [-0.25, -0.2) is 0 Å². The second-order valence-electron chi connectivity index (χ2n) is 8.08. The molecule has 1 nitrogen and oxygen atoms in total. The van der Waals surface area contributed by atoms with E-state index in [4.69, 9.17) is 0 Å². The van der Waals surface area contributed by atoms with Crippen LogP contribution in [0.1, 0.15) is 66.1 Å². The molecule has 1 aliphatic carbocycles. The van der Waals surface area contributed by atoms with Gasteiger partial charge in [-0.15, -0.1) is 0 Å². The first kappa shape index (κ1) is 26.4. The average molecular weight is 467 g/mol. The van der Waals surface area contributed by atoms with E-state index in [0.29, 0.717) is 17.7 Å². The minimum Gasteiger partial charge on any atom is -0.261 e. The number of rotatable bonds is 5. The van der Waals surface area contributed by atoms with Crippen LogP contribution in [0.3, 0.4) is 0 Å². The summed E-state index contributed by atoms with van der Waals surface area (Å²) in [5.74, 6) is 0.281. The molecule has 1 heterocycles. The molecule has 178 valence electrons. The second kappa shape index (κ2) is 10.4. The first-order valence-electron chi connectivity index (χ1n) is 10.5. The molecule has 1 fully saturated rings. The molecule has 0 atom stereocenters. The second-order valence-corrected chi connectivity index (χ2v) is 8.08. The van der Waals surface area contributed by atoms with Gasteiger partial charge in [0.1, 0.15) is 0 Å². The molecule has 0 aliphatic heterocycles. The van der Waals surface area contributed by atoms with Gasteiger partial charge in [0.15, 0.2) is 0 Å². The van der Waals surface area contributed by atoms with Crippen molar-refractivity contribution in [3.05, 3.63) is 94.4 Å². The minimum absolute atomic E-state index is 0.262. The number of hydrogen-bond acceptors (Lipinski definition) is 1. The molecule has 3 rings (SSSR count). The van der Waals surface area contributed by atoms with Crippen molar-refractivity contribution in [2.45, 2.75) is 58.3 Å². The normalized spacial score (nSPS) is 14.1. The smallest absolute Gasteiger partial charge is 0.261 e. The van der Waals surface area contributed by atoms with E-state index >= 15 is 0 Å². The summed E-state index contributed by atoms with van der Waals surface area (Å²) in [6.45, 7) is 12.7. The number of nitrogens with zero attached hydrogens (tertiary/aromatic N) is 1. The van der Waals surface area contributed by atoms with E-state index in [1.165, 1.54) is 19.2 Å². The molecule has 2 aromatic rings. The summed E-state index contributed by atoms with van der Waals surface area (Å²) < 4.78 is 75.7. The van der Waals surface area contributed by atoms with E-state index in [2.05, 4.69) is 18.1 Å². The summed E-state index contributed by atoms with van der Waals surface area (Å²) in [7, 11) is 0. The molecule has 1 aromatic carbocycles. The maximum Gasteiger partial charge on any atom is 0.416 e. The van der Waals surface area contributed by atoms with Crippen molar-refractivity contribution in [1.29, 1.82) is 0 Å². The maximum absolute atomic E-state index is 13.2. The van der Waals surface area contributed by atoms with Gasteiger partial charge in [-0.3, -0.25) is 4.98 Å². The number of benzene rings is 1. The Morgan fingerprint density at radius 1 is 1.06 bits per heavy atom. The number of aryl methyl sites for hydroxylation is 1. The van der Waals surface area contributed by atoms with Gasteiger partial charge >= 0.3 is 12.4 Å². The SMILES string of the molecule is C=C(C)C(=C)/C=C\c1cc(C2CC2)cc(C(F)(F)F)c1C.CCc1cc(C(F)(F)F)ccn1. The highest BCUT2D eigenvalue weighted by molar-refractivity contribution is 5.61. The molecule has 0 amide bonds. The molecule has 0 unspecified atom stereocenters. The Balaban J connectivity index is 0.000000273. The van der Waals surface area contributed by atoms with Gasteiger partial charge in [0.05, 0.1) is 11.1 Å². The molecule has 0 saturated heterocycles. The highest BCUT2D eigenvalue weighted by Crippen LogP contribution is 2.44. The summed E-state index contributed by atoms with van der Waals surface area (Å²) in [6.07, 6.45) is -1.50. The van der Waals surface area contributed by atoms with E-state index in [1.54, 1.807) is 19.1 Å². The lowest BCUT2D eigenvalue weighted by atomic mass is 9.95. The van der Waals surface area contributed by atoms with Crippen LogP contribution in [-0.2, 0) is 18.8 Å². The Morgan fingerprint density at radius 3 is 2.18 bits per heavy atom. The zero-order chi connectivity index (χ0) is 25.0. The number of halogens is 6. The van der Waals surface area contributed by atoms with Gasteiger partial charge in [-0.2, -0.15) is 26.3 Å². The van der Waals surface area contributed by atoms with Gasteiger partial charge < -0.3 is 0 Å². The summed E-state index contributed by atoms with van der Waals surface area (Å²) in [4.78, 5) is 3.77. The number of hydrogen-bond donors (Lipinski definition) is 0. The van der Waals surface area contributed by atoms with Gasteiger partial charge in [-0.1, -0.05) is 43.9 Å². The van der Waals surface area contributed by atoms with Crippen molar-refractivity contribution in [3.63, 3.8) is 0 Å². The van der Waals surface area contributed by atoms with Crippen molar-refractivity contribution in [3.8, 4) is 0 Å². The first-order chi connectivity index (χ1) is 15.2. The van der Waals surface area contributed by atoms with Gasteiger partial charge in [0.2, 0.25) is 0 Å². The lowest BCUT2D eigenvalue weighted by molar-refractivity contribution is -0.138. The van der Waals surface area contributed by atoms with E-state index in [0.717, 1.165) is 41.7 Å². The standard InChI is InChI=1S/C18H19F3.C8H8F3N/c1-11(2)12(3)5-6-15-9-16(14-7-8-14)10-17(13(15)4)18(19,20)21;1-2-7-5-6(3-4-12-7)8(9,10)11/h5-6,9-10,14H,1,3,7-8H2,2,4H3;3-5H,2H2,1H3/b6-5-;. The fraction of sp³-hybridized carbons (Fsp3) is 0.346. The summed E-state index contributed by atoms with van der Waals surface area (Å²) in [6, 6.07) is 5.21. The Morgan fingerprint density at radius 2 is 1.70 bits per heavy atom. The molecular weight excluding hydrogens is 440 g/mol. The van der Waals surface area contributed by atoms with Crippen LogP contribution in [0.5, 0.6) is 0 Å². The number of pyridine rings is 1. The van der Waals surface area contributed by atoms with E-state index < -0.39 is 23.5 Å². The Labute approximate surface area is 190 Å². The van der Waals surface area contributed by atoms with Crippen LogP contribution in [0.25, 0.3) is 6.08 Å². The quantitative estimate of drug-likeness (QED) is 0.317. The first-order valence-corrected chi connectivity index (χ1v) is 10.5. The van der Waals surface area contributed by atoms with Crippen molar-refractivity contribution < 1.29 is 26.3 Å². The van der Waals surface area contributed by atoms with Crippen LogP contribution < -0.4 is 0 Å². The molecular formula is C26H27F6N. The van der Waals surface area contributed by atoms with Crippen LogP contribution >= 0.6 is 0 Å². The zero-order valence-corrected chi connectivity index (χ0v) is 18.9. The van der Waals surface area contributed by atoms with Gasteiger partial charge in [0.25, 0.3) is 0 Å². The average Bonchev–Trinajstić information content (AvgIpc) is 3.57. The van der Waals surface area contributed by atoms with E-state index in [9.17, 15) is 26.3 Å². The monoisotopic (exact) mass is 467 g/mol. The van der Waals surface area contributed by atoms with Gasteiger partial charge in [-0.05, 0) is 79.5 Å². The summed E-state index contributed by atoms with van der Waals surface area (Å²) >= 11 is 0. The molecule has 7 heteroatoms. The topological polar surface area (TPSA) is 12.9 Å². The van der Waals surface area contributed by atoms with Crippen molar-refractivity contribution in [2.75, 3.05) is 0 Å². The molecule has 0 radical (unpaired) electrons. The molecule has 0 N–H and O–H groups in total. The summed E-state index contributed by atoms with van der Waals surface area (Å²) in [5.41, 5.74) is 2.48.